The van der Waals surface area contributed by atoms with Gasteiger partial charge in [0.2, 0.25) is 0 Å². The number of hydrogen-bond donors (Lipinski definition) is 1. The van der Waals surface area contributed by atoms with Crippen LogP contribution in [0.5, 0.6) is 11.5 Å². The highest BCUT2D eigenvalue weighted by molar-refractivity contribution is 8.26. The minimum absolute atomic E-state index is 0.124. The summed E-state index contributed by atoms with van der Waals surface area (Å²) in [5.74, 6) is -0.189. The first-order valence-electron chi connectivity index (χ1n) is 7.41. The zero-order chi connectivity index (χ0) is 18.6. The fourth-order valence-corrected chi connectivity index (χ4v) is 3.76. The lowest BCUT2D eigenvalue weighted by Crippen LogP contribution is -2.28. The van der Waals surface area contributed by atoms with Gasteiger partial charge < -0.3 is 15.2 Å². The molecule has 0 unspecified atom stereocenters. The van der Waals surface area contributed by atoms with Gasteiger partial charge in [-0.25, -0.2) is 0 Å². The first-order valence-corrected chi connectivity index (χ1v) is 9.01. The molecule has 0 spiro atoms. The molecule has 0 saturated carbocycles. The van der Waals surface area contributed by atoms with Crippen molar-refractivity contribution in [2.45, 2.75) is 13.3 Å². The quantitative estimate of drug-likeness (QED) is 0.559. The Bertz CT molecular complexity index is 752. The highest BCUT2D eigenvalue weighted by atomic mass is 35.5. The zero-order valence-corrected chi connectivity index (χ0v) is 16.1. The average molecular weight is 401 g/mol. The van der Waals surface area contributed by atoms with Gasteiger partial charge in [-0.15, -0.1) is 0 Å². The van der Waals surface area contributed by atoms with E-state index >= 15 is 0 Å². The lowest BCUT2D eigenvalue weighted by molar-refractivity contribution is -0.122. The summed E-state index contributed by atoms with van der Waals surface area (Å²) in [6.07, 6.45) is 2.52. The molecule has 1 aromatic rings. The van der Waals surface area contributed by atoms with Gasteiger partial charge >= 0.3 is 0 Å². The van der Waals surface area contributed by atoms with E-state index in [1.807, 2.05) is 6.92 Å². The highest BCUT2D eigenvalue weighted by Gasteiger charge is 2.31. The number of primary amides is 1. The van der Waals surface area contributed by atoms with Crippen molar-refractivity contribution >= 4 is 57.8 Å². The molecule has 2 amide bonds. The molecule has 2 rings (SSSR count). The van der Waals surface area contributed by atoms with Crippen LogP contribution in [0.1, 0.15) is 18.9 Å². The molecule has 1 aromatic carbocycles. The van der Waals surface area contributed by atoms with Crippen LogP contribution >= 0.6 is 35.6 Å². The molecule has 25 heavy (non-hydrogen) atoms. The molecule has 1 heterocycles. The molecule has 1 aliphatic rings. The summed E-state index contributed by atoms with van der Waals surface area (Å²) >= 11 is 12.7. The number of carbonyl (C=O) groups excluding carboxylic acids is 2. The van der Waals surface area contributed by atoms with Crippen molar-refractivity contribution in [2.24, 2.45) is 5.73 Å². The second-order valence-electron chi connectivity index (χ2n) is 5.12. The van der Waals surface area contributed by atoms with Gasteiger partial charge in [0.25, 0.3) is 11.8 Å². The number of nitrogens with zero attached hydrogens (tertiary/aromatic N) is 1. The molecule has 134 valence electrons. The molecular formula is C16H17ClN2O4S2. The van der Waals surface area contributed by atoms with E-state index in [9.17, 15) is 9.59 Å². The number of rotatable bonds is 7. The number of carbonyl (C=O) groups is 2. The summed E-state index contributed by atoms with van der Waals surface area (Å²) in [6.45, 7) is 2.26. The molecule has 1 fully saturated rings. The third kappa shape index (κ3) is 4.65. The van der Waals surface area contributed by atoms with Crippen LogP contribution in [0.4, 0.5) is 0 Å². The van der Waals surface area contributed by atoms with E-state index in [0.717, 1.165) is 6.42 Å². The van der Waals surface area contributed by atoms with Gasteiger partial charge in [0.05, 0.1) is 17.0 Å². The molecule has 1 saturated heterocycles. The number of halogens is 1. The van der Waals surface area contributed by atoms with Crippen LogP contribution in [0.2, 0.25) is 5.02 Å². The van der Waals surface area contributed by atoms with Gasteiger partial charge in [0.1, 0.15) is 4.32 Å². The van der Waals surface area contributed by atoms with Gasteiger partial charge in [0, 0.05) is 6.54 Å². The third-order valence-electron chi connectivity index (χ3n) is 3.23. The normalized spacial score (nSPS) is 15.8. The minimum atomic E-state index is -0.623. The smallest absolute Gasteiger partial charge is 0.266 e. The summed E-state index contributed by atoms with van der Waals surface area (Å²) in [6, 6.07) is 3.28. The van der Waals surface area contributed by atoms with E-state index < -0.39 is 5.91 Å². The van der Waals surface area contributed by atoms with Gasteiger partial charge in [-0.3, -0.25) is 14.5 Å². The monoisotopic (exact) mass is 400 g/mol. The average Bonchev–Trinajstić information content (AvgIpc) is 2.81. The molecule has 9 heteroatoms. The Morgan fingerprint density at radius 2 is 2.20 bits per heavy atom. The summed E-state index contributed by atoms with van der Waals surface area (Å²) < 4.78 is 11.1. The third-order valence-corrected chi connectivity index (χ3v) is 4.89. The largest absolute Gasteiger partial charge is 0.493 e. The Balaban J connectivity index is 2.31. The Kier molecular flexibility index (Phi) is 6.69. The predicted octanol–water partition coefficient (Wildman–Crippen LogP) is 2.82. The summed E-state index contributed by atoms with van der Waals surface area (Å²) in [7, 11) is 1.45. The molecule has 0 radical (unpaired) electrons. The zero-order valence-electron chi connectivity index (χ0n) is 13.7. The summed E-state index contributed by atoms with van der Waals surface area (Å²) in [5.41, 5.74) is 5.73. The van der Waals surface area contributed by atoms with Gasteiger partial charge in [-0.2, -0.15) is 0 Å². The van der Waals surface area contributed by atoms with Crippen LogP contribution in [0.3, 0.4) is 0 Å². The van der Waals surface area contributed by atoms with Crippen LogP contribution in [-0.4, -0.2) is 41.3 Å². The second-order valence-corrected chi connectivity index (χ2v) is 7.21. The van der Waals surface area contributed by atoms with E-state index in [0.29, 0.717) is 27.1 Å². The van der Waals surface area contributed by atoms with Crippen LogP contribution in [0, 0.1) is 0 Å². The van der Waals surface area contributed by atoms with Crippen LogP contribution < -0.4 is 15.2 Å². The van der Waals surface area contributed by atoms with Crippen molar-refractivity contribution in [3.63, 3.8) is 0 Å². The van der Waals surface area contributed by atoms with Crippen molar-refractivity contribution < 1.29 is 19.1 Å². The number of benzene rings is 1. The number of methoxy groups -OCH3 is 1. The van der Waals surface area contributed by atoms with Gasteiger partial charge in [-0.05, 0) is 30.2 Å². The maximum absolute atomic E-state index is 12.4. The van der Waals surface area contributed by atoms with E-state index in [1.54, 1.807) is 23.1 Å². The van der Waals surface area contributed by atoms with E-state index in [4.69, 9.17) is 39.0 Å². The van der Waals surface area contributed by atoms with Crippen LogP contribution in [0.25, 0.3) is 6.08 Å². The first kappa shape index (κ1) is 19.6. The predicted molar refractivity (Wildman–Crippen MR) is 103 cm³/mol. The molecule has 1 aliphatic heterocycles. The van der Waals surface area contributed by atoms with Crippen molar-refractivity contribution in [1.82, 2.24) is 4.90 Å². The Labute approximate surface area is 160 Å². The van der Waals surface area contributed by atoms with Crippen molar-refractivity contribution in [2.75, 3.05) is 20.3 Å². The molecule has 2 N–H and O–H groups in total. The fourth-order valence-electron chi connectivity index (χ4n) is 2.17. The topological polar surface area (TPSA) is 81.9 Å². The molecule has 0 bridgehead atoms. The minimum Gasteiger partial charge on any atom is -0.493 e. The summed E-state index contributed by atoms with van der Waals surface area (Å²) in [4.78, 5) is 25.4. The second kappa shape index (κ2) is 8.55. The maximum Gasteiger partial charge on any atom is 0.266 e. The molecule has 0 atom stereocenters. The van der Waals surface area contributed by atoms with Crippen molar-refractivity contribution in [3.8, 4) is 11.5 Å². The number of amides is 2. The Morgan fingerprint density at radius 1 is 1.48 bits per heavy atom. The first-order chi connectivity index (χ1) is 11.9. The van der Waals surface area contributed by atoms with Gasteiger partial charge in [-0.1, -0.05) is 42.5 Å². The number of hydrogen-bond acceptors (Lipinski definition) is 6. The van der Waals surface area contributed by atoms with Crippen molar-refractivity contribution in [3.05, 3.63) is 27.6 Å². The van der Waals surface area contributed by atoms with E-state index in [-0.39, 0.29) is 23.3 Å². The lowest BCUT2D eigenvalue weighted by atomic mass is 10.1. The Morgan fingerprint density at radius 3 is 2.80 bits per heavy atom. The molecule has 0 aliphatic carbocycles. The van der Waals surface area contributed by atoms with E-state index in [2.05, 4.69) is 0 Å². The van der Waals surface area contributed by atoms with Crippen LogP contribution in [-0.2, 0) is 9.59 Å². The van der Waals surface area contributed by atoms with Crippen molar-refractivity contribution in [1.29, 1.82) is 0 Å². The lowest BCUT2D eigenvalue weighted by Gasteiger charge is -2.13. The molecule has 0 aromatic heterocycles. The number of ether oxygens (including phenoxy) is 2. The number of nitrogens with two attached hydrogens (primary N) is 1. The number of thioether (sulfide) groups is 1. The Hall–Kier alpha value is -1.77. The maximum atomic E-state index is 12.4. The van der Waals surface area contributed by atoms with E-state index in [1.165, 1.54) is 18.9 Å². The molecule has 6 nitrogen and oxygen atoms in total. The SMILES string of the molecule is CCCN1C(=O)/C(=C\c2cc(Cl)c(OCC(N)=O)c(OC)c2)SC1=S. The highest BCUT2D eigenvalue weighted by Crippen LogP contribution is 2.39. The number of thiocarbonyl (C=S) groups is 1. The fraction of sp³-hybridized carbons (Fsp3) is 0.312. The molecular weight excluding hydrogens is 384 g/mol. The van der Waals surface area contributed by atoms with Gasteiger partial charge in [0.15, 0.2) is 18.1 Å². The van der Waals surface area contributed by atoms with Crippen LogP contribution in [0.15, 0.2) is 17.0 Å². The standard InChI is InChI=1S/C16H17ClN2O4S2/c1-3-4-19-15(21)12(25-16(19)24)7-9-5-10(17)14(11(6-9)22-2)23-8-13(18)20/h5-7H,3-4,8H2,1-2H3,(H2,18,20)/b12-7+. The summed E-state index contributed by atoms with van der Waals surface area (Å²) in [5, 5.41) is 0.246.